The SMILES string of the molecule is COc1cc2cc(Oc3ccc(CCC(=O)O)c(O[C@H]4O[C@H](CO)[C@@H](O)[C@H](O)[C@H]4O)c3)c(=O)oc2cc1O. The van der Waals surface area contributed by atoms with Gasteiger partial charge in [0.25, 0.3) is 0 Å². The number of aliphatic hydroxyl groups excluding tert-OH is 4. The van der Waals surface area contributed by atoms with E-state index in [1.54, 1.807) is 0 Å². The van der Waals surface area contributed by atoms with Crippen LogP contribution in [0.2, 0.25) is 0 Å². The van der Waals surface area contributed by atoms with Gasteiger partial charge >= 0.3 is 11.6 Å². The van der Waals surface area contributed by atoms with Crippen molar-refractivity contribution >= 4 is 16.9 Å². The number of aryl methyl sites for hydroxylation is 1. The fraction of sp³-hybridized carbons (Fsp3) is 0.360. The lowest BCUT2D eigenvalue weighted by atomic mass is 9.99. The molecule has 204 valence electrons. The van der Waals surface area contributed by atoms with Crippen LogP contribution in [0, 0.1) is 0 Å². The van der Waals surface area contributed by atoms with Crippen LogP contribution in [-0.2, 0) is 16.0 Å². The molecule has 5 atom stereocenters. The average molecular weight is 534 g/mol. The minimum absolute atomic E-state index is 0.00449. The van der Waals surface area contributed by atoms with Gasteiger partial charge in [0.05, 0.1) is 13.7 Å². The lowest BCUT2D eigenvalue weighted by Gasteiger charge is -2.39. The second kappa shape index (κ2) is 11.2. The van der Waals surface area contributed by atoms with Crippen LogP contribution in [0.3, 0.4) is 0 Å². The molecule has 4 rings (SSSR count). The van der Waals surface area contributed by atoms with Crippen LogP contribution in [0.15, 0.2) is 45.6 Å². The van der Waals surface area contributed by atoms with Gasteiger partial charge in [-0.25, -0.2) is 4.79 Å². The molecule has 38 heavy (non-hydrogen) atoms. The number of carboxylic acids is 1. The van der Waals surface area contributed by atoms with Crippen LogP contribution in [0.5, 0.6) is 28.7 Å². The molecule has 2 aromatic carbocycles. The summed E-state index contributed by atoms with van der Waals surface area (Å²) in [5, 5.41) is 59.2. The summed E-state index contributed by atoms with van der Waals surface area (Å²) in [5.74, 6) is -1.29. The first-order valence-electron chi connectivity index (χ1n) is 11.5. The van der Waals surface area contributed by atoms with Crippen LogP contribution < -0.4 is 19.8 Å². The predicted molar refractivity (Wildman–Crippen MR) is 128 cm³/mol. The summed E-state index contributed by atoms with van der Waals surface area (Å²) in [6.07, 6.45) is -7.98. The van der Waals surface area contributed by atoms with Crippen LogP contribution in [0.25, 0.3) is 11.0 Å². The third kappa shape index (κ3) is 5.66. The lowest BCUT2D eigenvalue weighted by Crippen LogP contribution is -2.60. The summed E-state index contributed by atoms with van der Waals surface area (Å²) in [6, 6.07) is 8.31. The van der Waals surface area contributed by atoms with E-state index in [0.29, 0.717) is 10.9 Å². The van der Waals surface area contributed by atoms with Gasteiger partial charge in [0.15, 0.2) is 11.5 Å². The van der Waals surface area contributed by atoms with Crippen molar-refractivity contribution in [3.8, 4) is 28.7 Å². The van der Waals surface area contributed by atoms with Crippen molar-refractivity contribution in [3.63, 3.8) is 0 Å². The molecular weight excluding hydrogens is 508 g/mol. The zero-order chi connectivity index (χ0) is 27.6. The molecule has 0 radical (unpaired) electrons. The molecule has 1 aromatic heterocycles. The predicted octanol–water partition coefficient (Wildman–Crippen LogP) is 0.495. The Morgan fingerprint density at radius 3 is 2.42 bits per heavy atom. The van der Waals surface area contributed by atoms with Crippen LogP contribution in [0.1, 0.15) is 12.0 Å². The number of phenolic OH excluding ortho intramolecular Hbond substituents is 1. The number of aliphatic hydroxyl groups is 4. The smallest absolute Gasteiger partial charge is 0.379 e. The third-order valence-electron chi connectivity index (χ3n) is 5.97. The molecule has 0 spiro atoms. The zero-order valence-corrected chi connectivity index (χ0v) is 20.0. The summed E-state index contributed by atoms with van der Waals surface area (Å²) in [4.78, 5) is 23.6. The Morgan fingerprint density at radius 2 is 1.74 bits per heavy atom. The number of hydrogen-bond acceptors (Lipinski definition) is 12. The van der Waals surface area contributed by atoms with Crippen molar-refractivity contribution < 1.29 is 58.8 Å². The van der Waals surface area contributed by atoms with Gasteiger partial charge in [-0.1, -0.05) is 6.07 Å². The first kappa shape index (κ1) is 27.2. The molecule has 1 aliphatic rings. The number of rotatable bonds is 9. The number of fused-ring (bicyclic) bond motifs is 1. The Morgan fingerprint density at radius 1 is 1.00 bits per heavy atom. The summed E-state index contributed by atoms with van der Waals surface area (Å²) in [6.45, 7) is -0.667. The normalized spacial score (nSPS) is 23.2. The maximum atomic E-state index is 12.5. The molecule has 6 N–H and O–H groups in total. The molecule has 0 saturated carbocycles. The van der Waals surface area contributed by atoms with E-state index >= 15 is 0 Å². The number of ether oxygens (including phenoxy) is 4. The van der Waals surface area contributed by atoms with Crippen molar-refractivity contribution in [1.82, 2.24) is 0 Å². The third-order valence-corrected chi connectivity index (χ3v) is 5.97. The Kier molecular flexibility index (Phi) is 8.04. The second-order valence-corrected chi connectivity index (χ2v) is 8.54. The highest BCUT2D eigenvalue weighted by Gasteiger charge is 2.44. The summed E-state index contributed by atoms with van der Waals surface area (Å²) in [5.41, 5.74) is -0.382. The van der Waals surface area contributed by atoms with E-state index < -0.39 is 48.9 Å². The van der Waals surface area contributed by atoms with Gasteiger partial charge in [-0.2, -0.15) is 0 Å². The number of carboxylic acid groups (broad SMARTS) is 1. The highest BCUT2D eigenvalue weighted by atomic mass is 16.7. The van der Waals surface area contributed by atoms with Crippen molar-refractivity contribution in [2.75, 3.05) is 13.7 Å². The van der Waals surface area contributed by atoms with E-state index in [-0.39, 0.29) is 47.2 Å². The average Bonchev–Trinajstić information content (AvgIpc) is 2.88. The highest BCUT2D eigenvalue weighted by Crippen LogP contribution is 2.34. The van der Waals surface area contributed by atoms with Gasteiger partial charge in [0, 0.05) is 23.9 Å². The Bertz CT molecular complexity index is 1370. The Labute approximate surface area is 214 Å². The fourth-order valence-corrected chi connectivity index (χ4v) is 3.92. The Hall–Kier alpha value is -3.88. The fourth-order valence-electron chi connectivity index (χ4n) is 3.92. The van der Waals surface area contributed by atoms with Gasteiger partial charge in [0.2, 0.25) is 12.0 Å². The molecule has 0 unspecified atom stereocenters. The number of benzene rings is 2. The first-order chi connectivity index (χ1) is 18.1. The van der Waals surface area contributed by atoms with Crippen LogP contribution in [0.4, 0.5) is 0 Å². The molecule has 1 fully saturated rings. The molecule has 2 heterocycles. The number of aliphatic carboxylic acids is 1. The molecule has 0 amide bonds. The lowest BCUT2D eigenvalue weighted by molar-refractivity contribution is -0.277. The van der Waals surface area contributed by atoms with E-state index in [1.165, 1.54) is 43.5 Å². The maximum Gasteiger partial charge on any atom is 0.379 e. The van der Waals surface area contributed by atoms with Crippen LogP contribution >= 0.6 is 0 Å². The molecule has 1 aliphatic heterocycles. The van der Waals surface area contributed by atoms with Gasteiger partial charge < -0.3 is 54.0 Å². The number of hydrogen-bond donors (Lipinski definition) is 6. The van der Waals surface area contributed by atoms with Gasteiger partial charge in [-0.3, -0.25) is 4.79 Å². The van der Waals surface area contributed by atoms with E-state index in [0.717, 1.165) is 0 Å². The van der Waals surface area contributed by atoms with E-state index in [2.05, 4.69) is 0 Å². The summed E-state index contributed by atoms with van der Waals surface area (Å²) < 4.78 is 27.1. The topological polar surface area (TPSA) is 206 Å². The standard InChI is InChI=1S/C25H26O13/c1-34-17-6-12-7-18(24(33)36-16(12)9-14(17)27)35-13-4-2-11(3-5-20(28)29)15(8-13)37-25-23(32)22(31)21(30)19(10-26)38-25/h2,4,6-9,19,21-23,25-27,30-32H,3,5,10H2,1H3,(H,28,29)/t19-,21-,22+,23-,25+/m1/s1. The zero-order valence-electron chi connectivity index (χ0n) is 20.0. The van der Waals surface area contributed by atoms with E-state index in [9.17, 15) is 35.1 Å². The van der Waals surface area contributed by atoms with Gasteiger partial charge in [-0.15, -0.1) is 0 Å². The van der Waals surface area contributed by atoms with Crippen molar-refractivity contribution in [1.29, 1.82) is 0 Å². The second-order valence-electron chi connectivity index (χ2n) is 8.54. The molecule has 0 bridgehead atoms. The number of methoxy groups -OCH3 is 1. The monoisotopic (exact) mass is 534 g/mol. The van der Waals surface area contributed by atoms with Crippen molar-refractivity contribution in [3.05, 3.63) is 52.4 Å². The molecular formula is C25H26O13. The Balaban J connectivity index is 1.66. The molecule has 13 nitrogen and oxygen atoms in total. The van der Waals surface area contributed by atoms with Crippen molar-refractivity contribution in [2.24, 2.45) is 0 Å². The molecule has 13 heteroatoms. The number of aromatic hydroxyl groups is 1. The first-order valence-corrected chi connectivity index (χ1v) is 11.5. The number of carbonyl (C=O) groups is 1. The molecule has 1 saturated heterocycles. The largest absolute Gasteiger partial charge is 0.504 e. The quantitative estimate of drug-likeness (QED) is 0.207. The van der Waals surface area contributed by atoms with Crippen molar-refractivity contribution in [2.45, 2.75) is 43.5 Å². The molecule has 3 aromatic rings. The molecule has 0 aliphatic carbocycles. The van der Waals surface area contributed by atoms with E-state index in [1.807, 2.05) is 0 Å². The number of phenols is 1. The van der Waals surface area contributed by atoms with Gasteiger partial charge in [0.1, 0.15) is 41.5 Å². The van der Waals surface area contributed by atoms with Crippen LogP contribution in [-0.4, -0.2) is 81.0 Å². The summed E-state index contributed by atoms with van der Waals surface area (Å²) >= 11 is 0. The maximum absolute atomic E-state index is 12.5. The minimum Gasteiger partial charge on any atom is -0.504 e. The minimum atomic E-state index is -1.70. The van der Waals surface area contributed by atoms with E-state index in [4.69, 9.17) is 28.5 Å². The van der Waals surface area contributed by atoms with Gasteiger partial charge in [-0.05, 0) is 30.2 Å². The summed E-state index contributed by atoms with van der Waals surface area (Å²) in [7, 11) is 1.36. The highest BCUT2D eigenvalue weighted by molar-refractivity contribution is 5.81.